The highest BCUT2D eigenvalue weighted by atomic mass is 32.1. The summed E-state index contributed by atoms with van der Waals surface area (Å²) in [6.45, 7) is 12.3. The molecule has 0 bridgehead atoms. The quantitative estimate of drug-likeness (QED) is 0.262. The van der Waals surface area contributed by atoms with E-state index in [1.54, 1.807) is 32.9 Å². The number of esters is 1. The minimum Gasteiger partial charge on any atom is -0.468 e. The number of benzene rings is 1. The zero-order valence-electron chi connectivity index (χ0n) is 20.6. The molecule has 0 fully saturated rings. The van der Waals surface area contributed by atoms with Gasteiger partial charge in [0.05, 0.1) is 7.11 Å². The number of nitrogens with one attached hydrogen (secondary N) is 2. The zero-order chi connectivity index (χ0) is 26.1. The summed E-state index contributed by atoms with van der Waals surface area (Å²) in [6, 6.07) is 3.22. The van der Waals surface area contributed by atoms with Crippen LogP contribution in [0.1, 0.15) is 43.5 Å². The van der Waals surface area contributed by atoms with Crippen LogP contribution in [-0.2, 0) is 23.9 Å². The number of carbonyl (C=O) groups excluding carboxylic acids is 4. The lowest BCUT2D eigenvalue weighted by Crippen LogP contribution is -2.54. The fourth-order valence-electron chi connectivity index (χ4n) is 3.03. The van der Waals surface area contributed by atoms with E-state index in [-0.39, 0.29) is 18.8 Å². The fourth-order valence-corrected chi connectivity index (χ4v) is 3.28. The average Bonchev–Trinajstić information content (AvgIpc) is 2.76. The molecule has 1 rings (SSSR count). The van der Waals surface area contributed by atoms with Gasteiger partial charge in [-0.25, -0.2) is 4.79 Å². The Hall–Kier alpha value is -3.01. The fraction of sp³-hybridized carbons (Fsp3) is 0.500. The Morgan fingerprint density at radius 2 is 1.82 bits per heavy atom. The van der Waals surface area contributed by atoms with Gasteiger partial charge in [-0.3, -0.25) is 14.4 Å². The molecule has 0 saturated heterocycles. The Morgan fingerprint density at radius 3 is 2.32 bits per heavy atom. The maximum atomic E-state index is 13.5. The van der Waals surface area contributed by atoms with Crippen LogP contribution in [0.15, 0.2) is 30.9 Å². The standard InChI is InChI=1S/C24H35N3O6S/c1-8-11-27(22(30)18(14-34)26-23(31)33-24(4,5)6)20(21(29)25-13-19(28)32-7)17-10-9-15(2)16(3)12-17/h8-10,12,18,20,34H,1,11,13-14H2,2-7H3,(H,25,29)(H,26,31). The molecule has 9 nitrogen and oxygen atoms in total. The first-order valence-electron chi connectivity index (χ1n) is 10.8. The summed E-state index contributed by atoms with van der Waals surface area (Å²) in [6.07, 6.45) is 0.694. The second kappa shape index (κ2) is 13.0. The third-order valence-electron chi connectivity index (χ3n) is 4.82. The summed E-state index contributed by atoms with van der Waals surface area (Å²) < 4.78 is 9.85. The van der Waals surface area contributed by atoms with E-state index in [1.165, 1.54) is 18.1 Å². The molecule has 34 heavy (non-hydrogen) atoms. The summed E-state index contributed by atoms with van der Waals surface area (Å²) >= 11 is 4.22. The number of amides is 3. The minimum atomic E-state index is -1.10. The molecule has 0 aliphatic heterocycles. The van der Waals surface area contributed by atoms with Gasteiger partial charge in [0.1, 0.15) is 24.2 Å². The number of methoxy groups -OCH3 is 1. The van der Waals surface area contributed by atoms with Crippen molar-refractivity contribution in [2.24, 2.45) is 0 Å². The maximum Gasteiger partial charge on any atom is 0.408 e. The van der Waals surface area contributed by atoms with Crippen LogP contribution < -0.4 is 10.6 Å². The van der Waals surface area contributed by atoms with Crippen molar-refractivity contribution in [3.8, 4) is 0 Å². The van der Waals surface area contributed by atoms with Gasteiger partial charge < -0.3 is 25.0 Å². The minimum absolute atomic E-state index is 0.00233. The van der Waals surface area contributed by atoms with Crippen LogP contribution in [0.5, 0.6) is 0 Å². The van der Waals surface area contributed by atoms with E-state index >= 15 is 0 Å². The van der Waals surface area contributed by atoms with Crippen molar-refractivity contribution < 1.29 is 28.7 Å². The molecule has 0 radical (unpaired) electrons. The van der Waals surface area contributed by atoms with Gasteiger partial charge in [-0.2, -0.15) is 12.6 Å². The monoisotopic (exact) mass is 493 g/mol. The normalized spacial score (nSPS) is 12.7. The molecule has 3 amide bonds. The van der Waals surface area contributed by atoms with Crippen molar-refractivity contribution in [1.29, 1.82) is 0 Å². The Morgan fingerprint density at radius 1 is 1.18 bits per heavy atom. The number of carbonyl (C=O) groups is 4. The van der Waals surface area contributed by atoms with E-state index in [2.05, 4.69) is 34.6 Å². The molecule has 0 saturated carbocycles. The highest BCUT2D eigenvalue weighted by Crippen LogP contribution is 2.25. The first-order valence-corrected chi connectivity index (χ1v) is 11.4. The second-order valence-corrected chi connectivity index (χ2v) is 9.07. The smallest absolute Gasteiger partial charge is 0.408 e. The van der Waals surface area contributed by atoms with Crippen LogP contribution >= 0.6 is 12.6 Å². The third kappa shape index (κ3) is 8.74. The van der Waals surface area contributed by atoms with Crippen molar-refractivity contribution in [2.75, 3.05) is 26.0 Å². The molecule has 2 atom stereocenters. The second-order valence-electron chi connectivity index (χ2n) is 8.70. The molecule has 10 heteroatoms. The van der Waals surface area contributed by atoms with Gasteiger partial charge in [-0.1, -0.05) is 24.3 Å². The third-order valence-corrected chi connectivity index (χ3v) is 5.19. The van der Waals surface area contributed by atoms with Crippen molar-refractivity contribution in [2.45, 2.75) is 52.3 Å². The van der Waals surface area contributed by atoms with E-state index in [1.807, 2.05) is 19.9 Å². The molecular formula is C24H35N3O6S. The molecule has 0 heterocycles. The predicted octanol–water partition coefficient (Wildman–Crippen LogP) is 2.47. The molecular weight excluding hydrogens is 458 g/mol. The molecule has 188 valence electrons. The summed E-state index contributed by atoms with van der Waals surface area (Å²) in [4.78, 5) is 51.9. The number of rotatable bonds is 10. The van der Waals surface area contributed by atoms with Gasteiger partial charge >= 0.3 is 12.1 Å². The Labute approximate surface area is 206 Å². The SMILES string of the molecule is C=CCN(C(=O)C(CS)NC(=O)OC(C)(C)C)C(C(=O)NCC(=O)OC)c1ccc(C)c(C)c1. The lowest BCUT2D eigenvalue weighted by Gasteiger charge is -2.33. The Kier molecular flexibility index (Phi) is 11.1. The van der Waals surface area contributed by atoms with E-state index in [0.29, 0.717) is 5.56 Å². The molecule has 0 spiro atoms. The number of hydrogen-bond acceptors (Lipinski definition) is 7. The zero-order valence-corrected chi connectivity index (χ0v) is 21.5. The molecule has 1 aromatic rings. The summed E-state index contributed by atoms with van der Waals surface area (Å²) in [5, 5.41) is 5.03. The van der Waals surface area contributed by atoms with Gasteiger partial charge in [0.15, 0.2) is 0 Å². The Balaban J connectivity index is 3.37. The maximum absolute atomic E-state index is 13.5. The number of hydrogen-bond donors (Lipinski definition) is 3. The lowest BCUT2D eigenvalue weighted by molar-refractivity contribution is -0.144. The van der Waals surface area contributed by atoms with Gasteiger partial charge in [-0.05, 0) is 51.3 Å². The van der Waals surface area contributed by atoms with Crippen LogP contribution in [-0.4, -0.2) is 66.4 Å². The summed E-state index contributed by atoms with van der Waals surface area (Å²) in [7, 11) is 1.21. The van der Waals surface area contributed by atoms with Gasteiger partial charge in [-0.15, -0.1) is 6.58 Å². The topological polar surface area (TPSA) is 114 Å². The highest BCUT2D eigenvalue weighted by Gasteiger charge is 2.35. The molecule has 0 aliphatic rings. The van der Waals surface area contributed by atoms with Crippen molar-refractivity contribution >= 4 is 36.5 Å². The number of nitrogens with zero attached hydrogens (tertiary/aromatic N) is 1. The Bertz CT molecular complexity index is 912. The van der Waals surface area contributed by atoms with Crippen LogP contribution in [0.2, 0.25) is 0 Å². The largest absolute Gasteiger partial charge is 0.468 e. The van der Waals surface area contributed by atoms with E-state index in [4.69, 9.17) is 4.74 Å². The molecule has 2 N–H and O–H groups in total. The summed E-state index contributed by atoms with van der Waals surface area (Å²) in [5.41, 5.74) is 1.71. The first kappa shape index (κ1) is 29.0. The highest BCUT2D eigenvalue weighted by molar-refractivity contribution is 7.80. The van der Waals surface area contributed by atoms with Crippen molar-refractivity contribution in [3.05, 3.63) is 47.5 Å². The van der Waals surface area contributed by atoms with Gasteiger partial charge in [0.25, 0.3) is 0 Å². The molecule has 0 aromatic heterocycles. The van der Waals surface area contributed by atoms with Crippen LogP contribution in [0.3, 0.4) is 0 Å². The first-order chi connectivity index (χ1) is 15.8. The number of ether oxygens (including phenoxy) is 2. The molecule has 2 unspecified atom stereocenters. The van der Waals surface area contributed by atoms with Crippen LogP contribution in [0.4, 0.5) is 4.79 Å². The number of aryl methyl sites for hydroxylation is 2. The van der Waals surface area contributed by atoms with Gasteiger partial charge in [0.2, 0.25) is 11.8 Å². The van der Waals surface area contributed by atoms with Crippen molar-refractivity contribution in [1.82, 2.24) is 15.5 Å². The predicted molar refractivity (Wildman–Crippen MR) is 133 cm³/mol. The van der Waals surface area contributed by atoms with Crippen molar-refractivity contribution in [3.63, 3.8) is 0 Å². The van der Waals surface area contributed by atoms with E-state index in [9.17, 15) is 19.2 Å². The lowest BCUT2D eigenvalue weighted by atomic mass is 9.98. The summed E-state index contributed by atoms with van der Waals surface area (Å²) in [5.74, 6) is -1.81. The van der Waals surface area contributed by atoms with Crippen LogP contribution in [0, 0.1) is 13.8 Å². The average molecular weight is 494 g/mol. The number of alkyl carbamates (subject to hydrolysis) is 1. The van der Waals surface area contributed by atoms with Crippen LogP contribution in [0.25, 0.3) is 0 Å². The molecule has 0 aliphatic carbocycles. The van der Waals surface area contributed by atoms with E-state index in [0.717, 1.165) is 11.1 Å². The van der Waals surface area contributed by atoms with E-state index < -0.39 is 41.6 Å². The number of thiol groups is 1. The van der Waals surface area contributed by atoms with Gasteiger partial charge in [0, 0.05) is 12.3 Å². The molecule has 1 aromatic carbocycles.